The van der Waals surface area contributed by atoms with Gasteiger partial charge in [-0.1, -0.05) is 23.2 Å². The Morgan fingerprint density at radius 2 is 1.96 bits per heavy atom. The van der Waals surface area contributed by atoms with Crippen molar-refractivity contribution in [3.63, 3.8) is 0 Å². The van der Waals surface area contributed by atoms with Crippen molar-refractivity contribution in [2.24, 2.45) is 11.7 Å². The lowest BCUT2D eigenvalue weighted by Gasteiger charge is -2.37. The number of carbonyl (C=O) groups is 2. The number of amides is 2. The van der Waals surface area contributed by atoms with Gasteiger partial charge in [-0.2, -0.15) is 0 Å². The van der Waals surface area contributed by atoms with E-state index in [1.165, 1.54) is 6.07 Å². The molecule has 2 aliphatic heterocycles. The van der Waals surface area contributed by atoms with Crippen LogP contribution in [0.15, 0.2) is 12.1 Å². The summed E-state index contributed by atoms with van der Waals surface area (Å²) >= 11 is 11.9. The van der Waals surface area contributed by atoms with Crippen LogP contribution in [-0.4, -0.2) is 54.2 Å². The van der Waals surface area contributed by atoms with Crippen molar-refractivity contribution in [3.8, 4) is 5.75 Å². The zero-order valence-corrected chi connectivity index (χ0v) is 15.6. The van der Waals surface area contributed by atoms with E-state index in [2.05, 4.69) is 5.32 Å². The largest absolute Gasteiger partial charge is 0.508 e. The maximum absolute atomic E-state index is 12.5. The molecule has 2 heterocycles. The second-order valence-electron chi connectivity index (χ2n) is 6.62. The number of phenolic OH excluding ortho intramolecular Hbond substituents is 1. The fraction of sp³-hybridized carbons (Fsp3) is 0.529. The van der Waals surface area contributed by atoms with E-state index in [-0.39, 0.29) is 41.7 Å². The predicted molar refractivity (Wildman–Crippen MR) is 97.1 cm³/mol. The molecule has 0 aliphatic carbocycles. The standard InChI is InChI=1S/C17H21Cl2N3O4/c18-11-5-10(13(23)6-12(11)19)16(20)9-1-3-22(4-2-9)17(25)14-7-21-15(24)8-26-14/h5-6,9,14,16,23H,1-4,7-8,20H2,(H,21,24)/t14-,16-/m1/s1. The Labute approximate surface area is 161 Å². The van der Waals surface area contributed by atoms with Gasteiger partial charge < -0.3 is 25.8 Å². The molecule has 0 radical (unpaired) electrons. The third kappa shape index (κ3) is 4.06. The minimum Gasteiger partial charge on any atom is -0.508 e. The number of carbonyl (C=O) groups excluding carboxylic acids is 2. The molecule has 2 aliphatic rings. The van der Waals surface area contributed by atoms with Gasteiger partial charge in [-0.3, -0.25) is 9.59 Å². The number of nitrogens with zero attached hydrogens (tertiary/aromatic N) is 1. The number of nitrogens with two attached hydrogens (primary N) is 1. The van der Waals surface area contributed by atoms with Crippen molar-refractivity contribution in [2.45, 2.75) is 25.0 Å². The molecule has 142 valence electrons. The average molecular weight is 402 g/mol. The maximum Gasteiger partial charge on any atom is 0.253 e. The number of likely N-dealkylation sites (tertiary alicyclic amines) is 1. The Morgan fingerprint density at radius 1 is 1.31 bits per heavy atom. The highest BCUT2D eigenvalue weighted by molar-refractivity contribution is 6.42. The van der Waals surface area contributed by atoms with Gasteiger partial charge in [0.1, 0.15) is 12.4 Å². The zero-order chi connectivity index (χ0) is 18.8. The average Bonchev–Trinajstić information content (AvgIpc) is 2.64. The number of phenols is 1. The van der Waals surface area contributed by atoms with Crippen LogP contribution in [0.2, 0.25) is 10.0 Å². The molecule has 1 aromatic rings. The van der Waals surface area contributed by atoms with E-state index in [0.29, 0.717) is 36.5 Å². The van der Waals surface area contributed by atoms with Crippen LogP contribution >= 0.6 is 23.2 Å². The number of halogens is 2. The van der Waals surface area contributed by atoms with Gasteiger partial charge in [-0.25, -0.2) is 0 Å². The third-order valence-corrected chi connectivity index (χ3v) is 5.69. The van der Waals surface area contributed by atoms with Gasteiger partial charge in [0.15, 0.2) is 6.10 Å². The van der Waals surface area contributed by atoms with Crippen LogP contribution in [0, 0.1) is 5.92 Å². The number of hydrogen-bond acceptors (Lipinski definition) is 5. The van der Waals surface area contributed by atoms with Crippen molar-refractivity contribution in [3.05, 3.63) is 27.7 Å². The van der Waals surface area contributed by atoms with Crippen molar-refractivity contribution in [1.29, 1.82) is 0 Å². The van der Waals surface area contributed by atoms with E-state index in [0.717, 1.165) is 0 Å². The molecule has 2 saturated heterocycles. The Bertz CT molecular complexity index is 697. The van der Waals surface area contributed by atoms with E-state index < -0.39 is 12.1 Å². The van der Waals surface area contributed by atoms with Gasteiger partial charge in [-0.05, 0) is 24.8 Å². The molecule has 0 unspecified atom stereocenters. The number of morpholine rings is 1. The van der Waals surface area contributed by atoms with Crippen molar-refractivity contribution in [2.75, 3.05) is 26.2 Å². The summed E-state index contributed by atoms with van der Waals surface area (Å²) in [6, 6.07) is 2.60. The van der Waals surface area contributed by atoms with Gasteiger partial charge >= 0.3 is 0 Å². The molecule has 3 rings (SSSR count). The summed E-state index contributed by atoms with van der Waals surface area (Å²) in [4.78, 5) is 25.3. The van der Waals surface area contributed by atoms with Crippen molar-refractivity contribution in [1.82, 2.24) is 10.2 Å². The number of benzene rings is 1. The first-order valence-electron chi connectivity index (χ1n) is 8.47. The van der Waals surface area contributed by atoms with Crippen LogP contribution in [0.5, 0.6) is 5.75 Å². The molecule has 26 heavy (non-hydrogen) atoms. The lowest BCUT2D eigenvalue weighted by molar-refractivity contribution is -0.151. The first-order chi connectivity index (χ1) is 12.4. The molecule has 0 saturated carbocycles. The van der Waals surface area contributed by atoms with E-state index in [1.807, 2.05) is 0 Å². The summed E-state index contributed by atoms with van der Waals surface area (Å²) in [6.45, 7) is 1.21. The normalized spacial score (nSPS) is 22.8. The summed E-state index contributed by atoms with van der Waals surface area (Å²) < 4.78 is 5.30. The number of hydrogen-bond donors (Lipinski definition) is 3. The topological polar surface area (TPSA) is 105 Å². The SMILES string of the molecule is N[C@@H](c1cc(Cl)c(Cl)cc1O)C1CCN(C(=O)[C@H]2CNC(=O)CO2)CC1. The third-order valence-electron chi connectivity index (χ3n) is 4.96. The zero-order valence-electron chi connectivity index (χ0n) is 14.1. The first-order valence-corrected chi connectivity index (χ1v) is 9.23. The molecule has 0 bridgehead atoms. The Balaban J connectivity index is 1.59. The summed E-state index contributed by atoms with van der Waals surface area (Å²) in [5.41, 5.74) is 6.89. The van der Waals surface area contributed by atoms with Gasteiger partial charge in [0.25, 0.3) is 5.91 Å². The molecule has 1 aromatic carbocycles. The smallest absolute Gasteiger partial charge is 0.253 e. The van der Waals surface area contributed by atoms with Gasteiger partial charge in [0, 0.05) is 30.8 Å². The molecule has 2 atom stereocenters. The highest BCUT2D eigenvalue weighted by Gasteiger charge is 2.33. The van der Waals surface area contributed by atoms with E-state index in [9.17, 15) is 14.7 Å². The number of piperidine rings is 1. The molecular weight excluding hydrogens is 381 g/mol. The first kappa shape index (κ1) is 19.2. The number of rotatable bonds is 3. The second-order valence-corrected chi connectivity index (χ2v) is 7.43. The molecule has 0 aromatic heterocycles. The van der Waals surface area contributed by atoms with E-state index >= 15 is 0 Å². The van der Waals surface area contributed by atoms with Crippen LogP contribution in [0.25, 0.3) is 0 Å². The van der Waals surface area contributed by atoms with Crippen molar-refractivity contribution < 1.29 is 19.4 Å². The number of aromatic hydroxyl groups is 1. The fourth-order valence-corrected chi connectivity index (χ4v) is 3.74. The van der Waals surface area contributed by atoms with Crippen LogP contribution < -0.4 is 11.1 Å². The minimum absolute atomic E-state index is 0.0248. The highest BCUT2D eigenvalue weighted by Crippen LogP contribution is 2.37. The summed E-state index contributed by atoms with van der Waals surface area (Å²) in [6.07, 6.45) is 0.772. The molecule has 4 N–H and O–H groups in total. The molecule has 9 heteroatoms. The van der Waals surface area contributed by atoms with Crippen LogP contribution in [0.4, 0.5) is 0 Å². The Kier molecular flexibility index (Phi) is 5.92. The number of nitrogens with one attached hydrogen (secondary N) is 1. The number of ether oxygens (including phenoxy) is 1. The van der Waals surface area contributed by atoms with Gasteiger partial charge in [0.05, 0.1) is 16.6 Å². The van der Waals surface area contributed by atoms with E-state index in [1.54, 1.807) is 11.0 Å². The fourth-order valence-electron chi connectivity index (χ4n) is 3.41. The summed E-state index contributed by atoms with van der Waals surface area (Å²) in [5.74, 6) is -0.194. The van der Waals surface area contributed by atoms with Crippen LogP contribution in [0.3, 0.4) is 0 Å². The second kappa shape index (κ2) is 8.00. The summed E-state index contributed by atoms with van der Waals surface area (Å²) in [7, 11) is 0. The van der Waals surface area contributed by atoms with Crippen LogP contribution in [-0.2, 0) is 14.3 Å². The predicted octanol–water partition coefficient (Wildman–Crippen LogP) is 1.45. The Hall–Kier alpha value is -1.54. The molecule has 2 fully saturated rings. The minimum atomic E-state index is -0.628. The quantitative estimate of drug-likeness (QED) is 0.710. The summed E-state index contributed by atoms with van der Waals surface area (Å²) in [5, 5.41) is 13.4. The van der Waals surface area contributed by atoms with Crippen molar-refractivity contribution >= 4 is 35.0 Å². The highest BCUT2D eigenvalue weighted by atomic mass is 35.5. The molecule has 0 spiro atoms. The van der Waals surface area contributed by atoms with Gasteiger partial charge in [0.2, 0.25) is 5.91 Å². The molecule has 7 nitrogen and oxygen atoms in total. The lowest BCUT2D eigenvalue weighted by atomic mass is 9.85. The van der Waals surface area contributed by atoms with Gasteiger partial charge in [-0.15, -0.1) is 0 Å². The van der Waals surface area contributed by atoms with Crippen LogP contribution in [0.1, 0.15) is 24.4 Å². The van der Waals surface area contributed by atoms with E-state index in [4.69, 9.17) is 33.7 Å². The maximum atomic E-state index is 12.5. The molecule has 2 amide bonds. The monoisotopic (exact) mass is 401 g/mol. The Morgan fingerprint density at radius 3 is 2.58 bits per heavy atom. The lowest BCUT2D eigenvalue weighted by Crippen LogP contribution is -2.53. The molecular formula is C17H21Cl2N3O4.